The van der Waals surface area contributed by atoms with Crippen molar-refractivity contribution in [3.63, 3.8) is 0 Å². The van der Waals surface area contributed by atoms with Crippen LogP contribution in [0.25, 0.3) is 6.08 Å². The summed E-state index contributed by atoms with van der Waals surface area (Å²) in [7, 11) is 0. The van der Waals surface area contributed by atoms with Crippen molar-refractivity contribution < 1.29 is 14.8 Å². The molecule has 176 valence electrons. The molecule has 0 radical (unpaired) electrons. The van der Waals surface area contributed by atoms with Gasteiger partial charge in [0.1, 0.15) is 0 Å². The molecule has 7 nitrogen and oxygen atoms in total. The first-order valence-corrected chi connectivity index (χ1v) is 11.7. The Bertz CT molecular complexity index is 1110. The monoisotopic (exact) mass is 458 g/mol. The smallest absolute Gasteiger partial charge is 0.247 e. The van der Waals surface area contributed by atoms with E-state index in [4.69, 9.17) is 5.26 Å². The largest absolute Gasteiger partial charge is 0.368 e. The van der Waals surface area contributed by atoms with Crippen molar-refractivity contribution in [2.75, 3.05) is 31.1 Å². The van der Waals surface area contributed by atoms with Gasteiger partial charge in [-0.1, -0.05) is 42.0 Å². The van der Waals surface area contributed by atoms with Crippen LogP contribution in [0.2, 0.25) is 0 Å². The maximum atomic E-state index is 13.4. The molecule has 2 atom stereocenters. The number of rotatable bonds is 4. The van der Waals surface area contributed by atoms with Crippen molar-refractivity contribution in [3.05, 3.63) is 70.8 Å². The number of hydrogen-bond donors (Lipinski definition) is 2. The molecule has 4 rings (SSSR count). The molecule has 1 heterocycles. The first-order chi connectivity index (χ1) is 16.5. The predicted molar refractivity (Wildman–Crippen MR) is 130 cm³/mol. The van der Waals surface area contributed by atoms with Crippen LogP contribution < -0.4 is 10.4 Å². The van der Waals surface area contributed by atoms with Crippen LogP contribution in [-0.2, 0) is 9.59 Å². The Morgan fingerprint density at radius 3 is 2.47 bits per heavy atom. The topological polar surface area (TPSA) is 96.7 Å². The first kappa shape index (κ1) is 23.5. The van der Waals surface area contributed by atoms with Crippen LogP contribution in [0.4, 0.5) is 5.69 Å². The third-order valence-electron chi connectivity index (χ3n) is 6.94. The molecule has 1 aliphatic carbocycles. The lowest BCUT2D eigenvalue weighted by Gasteiger charge is -2.40. The van der Waals surface area contributed by atoms with Gasteiger partial charge in [-0.05, 0) is 55.5 Å². The molecule has 2 fully saturated rings. The Morgan fingerprint density at radius 2 is 1.82 bits per heavy atom. The van der Waals surface area contributed by atoms with Crippen molar-refractivity contribution in [1.82, 2.24) is 10.4 Å². The normalized spacial score (nSPS) is 21.7. The molecule has 1 saturated heterocycles. The first-order valence-electron chi connectivity index (χ1n) is 11.7. The Hall–Kier alpha value is -3.63. The zero-order valence-electron chi connectivity index (χ0n) is 19.4. The lowest BCUT2D eigenvalue weighted by molar-refractivity contribution is -0.146. The van der Waals surface area contributed by atoms with Crippen molar-refractivity contribution >= 4 is 23.6 Å². The molecule has 0 bridgehead atoms. The maximum Gasteiger partial charge on any atom is 0.247 e. The average molecular weight is 459 g/mol. The van der Waals surface area contributed by atoms with Crippen molar-refractivity contribution in [2.45, 2.75) is 26.2 Å². The van der Waals surface area contributed by atoms with Gasteiger partial charge in [-0.3, -0.25) is 14.8 Å². The van der Waals surface area contributed by atoms with Gasteiger partial charge in [0.15, 0.2) is 0 Å². The third-order valence-corrected chi connectivity index (χ3v) is 6.94. The van der Waals surface area contributed by atoms with E-state index in [1.165, 1.54) is 0 Å². The summed E-state index contributed by atoms with van der Waals surface area (Å²) in [6.45, 7) is 4.54. The second-order valence-corrected chi connectivity index (χ2v) is 9.07. The number of aryl methyl sites for hydroxylation is 1. The van der Waals surface area contributed by atoms with Gasteiger partial charge >= 0.3 is 0 Å². The second-order valence-electron chi connectivity index (χ2n) is 9.07. The van der Waals surface area contributed by atoms with E-state index in [0.29, 0.717) is 44.6 Å². The second kappa shape index (κ2) is 10.5. The van der Waals surface area contributed by atoms with E-state index in [-0.39, 0.29) is 5.91 Å². The Labute approximate surface area is 200 Å². The maximum absolute atomic E-state index is 13.4. The summed E-state index contributed by atoms with van der Waals surface area (Å²) in [6.07, 6.45) is 3.88. The van der Waals surface area contributed by atoms with E-state index in [1.807, 2.05) is 60.4 Å². The lowest BCUT2D eigenvalue weighted by Crippen LogP contribution is -2.53. The number of benzene rings is 2. The van der Waals surface area contributed by atoms with Gasteiger partial charge < -0.3 is 9.80 Å². The highest BCUT2D eigenvalue weighted by atomic mass is 16.5. The van der Waals surface area contributed by atoms with E-state index in [9.17, 15) is 14.8 Å². The summed E-state index contributed by atoms with van der Waals surface area (Å²) in [5.41, 5.74) is 6.73. The van der Waals surface area contributed by atoms with Gasteiger partial charge in [0, 0.05) is 31.9 Å². The lowest BCUT2D eigenvalue weighted by atomic mass is 9.75. The summed E-state index contributed by atoms with van der Waals surface area (Å²) in [6, 6.07) is 17.8. The highest BCUT2D eigenvalue weighted by molar-refractivity contribution is 5.88. The minimum absolute atomic E-state index is 0.0106. The summed E-state index contributed by atoms with van der Waals surface area (Å²) >= 11 is 0. The fraction of sp³-hybridized carbons (Fsp3) is 0.370. The van der Waals surface area contributed by atoms with Crippen LogP contribution in [-0.4, -0.2) is 48.1 Å². The van der Waals surface area contributed by atoms with Gasteiger partial charge in [-0.2, -0.15) is 5.26 Å². The molecular formula is C27H30N4O3. The van der Waals surface area contributed by atoms with E-state index in [0.717, 1.165) is 28.8 Å². The molecule has 2 aromatic carbocycles. The van der Waals surface area contributed by atoms with Gasteiger partial charge in [0.25, 0.3) is 0 Å². The van der Waals surface area contributed by atoms with Crippen molar-refractivity contribution in [3.8, 4) is 6.07 Å². The summed E-state index contributed by atoms with van der Waals surface area (Å²) in [5.74, 6) is -1.53. The quantitative estimate of drug-likeness (QED) is 0.540. The number of piperazine rings is 1. The number of nitriles is 1. The van der Waals surface area contributed by atoms with Gasteiger partial charge in [-0.25, -0.2) is 5.48 Å². The van der Waals surface area contributed by atoms with Crippen LogP contribution in [0.15, 0.2) is 54.1 Å². The highest BCUT2D eigenvalue weighted by Gasteiger charge is 2.40. The molecule has 1 saturated carbocycles. The summed E-state index contributed by atoms with van der Waals surface area (Å²) in [4.78, 5) is 30.0. The fourth-order valence-electron chi connectivity index (χ4n) is 5.12. The van der Waals surface area contributed by atoms with Gasteiger partial charge in [0.2, 0.25) is 11.8 Å². The van der Waals surface area contributed by atoms with Crippen molar-refractivity contribution in [2.24, 2.45) is 11.8 Å². The third kappa shape index (κ3) is 5.13. The molecule has 34 heavy (non-hydrogen) atoms. The summed E-state index contributed by atoms with van der Waals surface area (Å²) in [5, 5.41) is 18.4. The van der Waals surface area contributed by atoms with Gasteiger partial charge in [-0.15, -0.1) is 0 Å². The number of nitrogens with zero attached hydrogens (tertiary/aromatic N) is 3. The molecule has 2 unspecified atom stereocenters. The molecule has 0 aromatic heterocycles. The standard InChI is InChI=1S/C27H30N4O3/c1-19-15-22(18-28)8-10-25(19)30-11-13-31(14-12-30)27(33)23-9-7-21(17-24(23)26(32)29-34)16-20-5-3-2-4-6-20/h2-6,8,10,15-16,23-24,34H,7,9,11-14,17H2,1H3,(H,29,32). The minimum atomic E-state index is -0.583. The van der Waals surface area contributed by atoms with Crippen LogP contribution in [0.5, 0.6) is 0 Å². The SMILES string of the molecule is Cc1cc(C#N)ccc1N1CCN(C(=O)C2CCC(=Cc3ccccc3)CC2C(=O)NO)CC1. The van der Waals surface area contributed by atoms with Crippen LogP contribution in [0.1, 0.15) is 36.0 Å². The Balaban J connectivity index is 1.42. The Kier molecular flexibility index (Phi) is 7.29. The predicted octanol–water partition coefficient (Wildman–Crippen LogP) is 3.52. The van der Waals surface area contributed by atoms with E-state index < -0.39 is 17.7 Å². The zero-order chi connectivity index (χ0) is 24.1. The molecular weight excluding hydrogens is 428 g/mol. The minimum Gasteiger partial charge on any atom is -0.368 e. The van der Waals surface area contributed by atoms with E-state index in [2.05, 4.69) is 17.0 Å². The number of nitrogens with one attached hydrogen (secondary N) is 1. The highest BCUT2D eigenvalue weighted by Crippen LogP contribution is 2.36. The van der Waals surface area contributed by atoms with Crippen molar-refractivity contribution in [1.29, 1.82) is 5.26 Å². The molecule has 2 amide bonds. The molecule has 2 N–H and O–H groups in total. The number of anilines is 1. The summed E-state index contributed by atoms with van der Waals surface area (Å²) < 4.78 is 0. The Morgan fingerprint density at radius 1 is 1.09 bits per heavy atom. The molecule has 0 spiro atoms. The van der Waals surface area contributed by atoms with E-state index in [1.54, 1.807) is 5.48 Å². The molecule has 2 aliphatic rings. The number of hydroxylamine groups is 1. The van der Waals surface area contributed by atoms with Crippen LogP contribution in [0.3, 0.4) is 0 Å². The average Bonchev–Trinajstić information content (AvgIpc) is 2.88. The zero-order valence-corrected chi connectivity index (χ0v) is 19.4. The number of hydrogen-bond acceptors (Lipinski definition) is 5. The van der Waals surface area contributed by atoms with E-state index >= 15 is 0 Å². The number of carbonyl (C=O) groups is 2. The molecule has 1 aliphatic heterocycles. The number of carbonyl (C=O) groups excluding carboxylic acids is 2. The van der Waals surface area contributed by atoms with Crippen LogP contribution >= 0.6 is 0 Å². The fourth-order valence-corrected chi connectivity index (χ4v) is 5.12. The van der Waals surface area contributed by atoms with Gasteiger partial charge in [0.05, 0.1) is 23.5 Å². The van der Waals surface area contributed by atoms with Crippen LogP contribution in [0, 0.1) is 30.1 Å². The number of amides is 2. The molecule has 7 heteroatoms. The molecule has 2 aromatic rings. The number of allylic oxidation sites excluding steroid dienone is 1.